The van der Waals surface area contributed by atoms with Crippen molar-refractivity contribution in [3.05, 3.63) is 35.7 Å². The van der Waals surface area contributed by atoms with Gasteiger partial charge in [-0.25, -0.2) is 9.31 Å². The summed E-state index contributed by atoms with van der Waals surface area (Å²) in [7, 11) is 0. The number of rotatable bonds is 2. The highest BCUT2D eigenvalue weighted by Crippen LogP contribution is 2.13. The highest BCUT2D eigenvalue weighted by atomic mass is 16.5. The summed E-state index contributed by atoms with van der Waals surface area (Å²) in [5, 5.41) is 4.14. The van der Waals surface area contributed by atoms with Gasteiger partial charge in [-0.1, -0.05) is 6.07 Å². The summed E-state index contributed by atoms with van der Waals surface area (Å²) in [6.07, 6.45) is 1.54. The van der Waals surface area contributed by atoms with Crippen LogP contribution in [0.15, 0.2) is 24.4 Å². The second-order valence-electron chi connectivity index (χ2n) is 3.24. The number of aryl methyl sites for hydroxylation is 1. The van der Waals surface area contributed by atoms with Crippen LogP contribution in [-0.2, 0) is 4.74 Å². The molecule has 0 saturated carbocycles. The van der Waals surface area contributed by atoms with Crippen molar-refractivity contribution in [3.63, 3.8) is 0 Å². The van der Waals surface area contributed by atoms with Gasteiger partial charge in [0, 0.05) is 5.69 Å². The predicted octanol–water partition coefficient (Wildman–Crippen LogP) is 1.82. The molecule has 0 aliphatic rings. The fourth-order valence-corrected chi connectivity index (χ4v) is 1.51. The Morgan fingerprint density at radius 1 is 1.53 bits per heavy atom. The molecule has 0 atom stereocenters. The van der Waals surface area contributed by atoms with Crippen molar-refractivity contribution in [2.75, 3.05) is 6.61 Å². The fourth-order valence-electron chi connectivity index (χ4n) is 1.51. The van der Waals surface area contributed by atoms with Gasteiger partial charge in [-0.15, -0.1) is 0 Å². The zero-order valence-electron chi connectivity index (χ0n) is 8.73. The molecule has 2 aromatic rings. The average Bonchev–Trinajstić information content (AvgIpc) is 2.63. The molecule has 2 aromatic heterocycles. The molecular weight excluding hydrogens is 192 g/mol. The molecule has 78 valence electrons. The molecule has 0 amide bonds. The largest absolute Gasteiger partial charge is 0.462 e. The maximum absolute atomic E-state index is 11.6. The Morgan fingerprint density at radius 2 is 2.33 bits per heavy atom. The number of pyridine rings is 1. The van der Waals surface area contributed by atoms with Gasteiger partial charge in [0.25, 0.3) is 0 Å². The van der Waals surface area contributed by atoms with Crippen LogP contribution in [0.5, 0.6) is 0 Å². The third kappa shape index (κ3) is 1.58. The first-order valence-electron chi connectivity index (χ1n) is 4.84. The molecule has 0 bridgehead atoms. The number of aromatic nitrogens is 2. The Balaban J connectivity index is 2.54. The van der Waals surface area contributed by atoms with E-state index in [4.69, 9.17) is 4.74 Å². The number of hydrogen-bond acceptors (Lipinski definition) is 3. The van der Waals surface area contributed by atoms with E-state index in [0.717, 1.165) is 11.2 Å². The van der Waals surface area contributed by atoms with Crippen LogP contribution in [0.3, 0.4) is 0 Å². The number of nitrogens with zero attached hydrogens (tertiary/aromatic N) is 2. The molecule has 15 heavy (non-hydrogen) atoms. The third-order valence-corrected chi connectivity index (χ3v) is 2.23. The predicted molar refractivity (Wildman–Crippen MR) is 55.9 cm³/mol. The van der Waals surface area contributed by atoms with Gasteiger partial charge in [0.1, 0.15) is 5.56 Å². The van der Waals surface area contributed by atoms with E-state index in [2.05, 4.69) is 5.10 Å². The smallest absolute Gasteiger partial charge is 0.341 e. The lowest BCUT2D eigenvalue weighted by Gasteiger charge is -2.00. The highest BCUT2D eigenvalue weighted by molar-refractivity contribution is 5.96. The molecule has 2 heterocycles. The fraction of sp³-hybridized carbons (Fsp3) is 0.273. The second-order valence-corrected chi connectivity index (χ2v) is 3.24. The van der Waals surface area contributed by atoms with Gasteiger partial charge in [-0.2, -0.15) is 5.10 Å². The molecule has 0 aromatic carbocycles. The Morgan fingerprint density at radius 3 is 3.07 bits per heavy atom. The molecule has 0 spiro atoms. The summed E-state index contributed by atoms with van der Waals surface area (Å²) in [5.41, 5.74) is 2.29. The van der Waals surface area contributed by atoms with E-state index in [0.29, 0.717) is 12.2 Å². The standard InChI is InChI=1S/C11H12N2O2/c1-3-15-11(14)9-7-12-13-8(2)5-4-6-10(9)13/h4-7H,3H2,1-2H3. The van der Waals surface area contributed by atoms with Crippen LogP contribution < -0.4 is 0 Å². The van der Waals surface area contributed by atoms with Crippen LogP contribution in [0, 0.1) is 6.92 Å². The van der Waals surface area contributed by atoms with Crippen LogP contribution in [-0.4, -0.2) is 22.2 Å². The van der Waals surface area contributed by atoms with Crippen molar-refractivity contribution >= 4 is 11.5 Å². The van der Waals surface area contributed by atoms with E-state index >= 15 is 0 Å². The first-order valence-corrected chi connectivity index (χ1v) is 4.84. The SMILES string of the molecule is CCOC(=O)c1cnn2c(C)cccc12. The second kappa shape index (κ2) is 3.73. The number of fused-ring (bicyclic) bond motifs is 1. The number of carbonyl (C=O) groups is 1. The highest BCUT2D eigenvalue weighted by Gasteiger charge is 2.13. The van der Waals surface area contributed by atoms with Crippen LogP contribution >= 0.6 is 0 Å². The maximum atomic E-state index is 11.6. The van der Waals surface area contributed by atoms with E-state index in [1.54, 1.807) is 17.6 Å². The van der Waals surface area contributed by atoms with Gasteiger partial charge in [-0.05, 0) is 26.0 Å². The number of ether oxygens (including phenoxy) is 1. The summed E-state index contributed by atoms with van der Waals surface area (Å²) in [5.74, 6) is -0.321. The summed E-state index contributed by atoms with van der Waals surface area (Å²) >= 11 is 0. The first kappa shape index (κ1) is 9.71. The lowest BCUT2D eigenvalue weighted by atomic mass is 10.2. The van der Waals surface area contributed by atoms with E-state index in [-0.39, 0.29) is 5.97 Å². The topological polar surface area (TPSA) is 43.6 Å². The van der Waals surface area contributed by atoms with Crippen LogP contribution in [0.2, 0.25) is 0 Å². The van der Waals surface area contributed by atoms with Crippen LogP contribution in [0.1, 0.15) is 23.0 Å². The van der Waals surface area contributed by atoms with E-state index in [9.17, 15) is 4.79 Å². The molecule has 0 aliphatic carbocycles. The van der Waals surface area contributed by atoms with E-state index in [1.165, 1.54) is 0 Å². The summed E-state index contributed by atoms with van der Waals surface area (Å²) in [6.45, 7) is 4.10. The molecule has 2 rings (SSSR count). The normalized spacial score (nSPS) is 10.5. The Hall–Kier alpha value is -1.84. The number of hydrogen-bond donors (Lipinski definition) is 0. The Kier molecular flexibility index (Phi) is 2.41. The molecule has 4 nitrogen and oxygen atoms in total. The van der Waals surface area contributed by atoms with E-state index < -0.39 is 0 Å². The van der Waals surface area contributed by atoms with E-state index in [1.807, 2.05) is 25.1 Å². The minimum atomic E-state index is -0.321. The van der Waals surface area contributed by atoms with Crippen molar-refractivity contribution in [2.24, 2.45) is 0 Å². The third-order valence-electron chi connectivity index (χ3n) is 2.23. The molecule has 0 N–H and O–H groups in total. The van der Waals surface area contributed by atoms with Crippen molar-refractivity contribution in [1.82, 2.24) is 9.61 Å². The molecule has 0 fully saturated rings. The van der Waals surface area contributed by atoms with Gasteiger partial charge in [0.2, 0.25) is 0 Å². The Bertz CT molecular complexity index is 502. The van der Waals surface area contributed by atoms with Gasteiger partial charge in [0.15, 0.2) is 0 Å². The zero-order chi connectivity index (χ0) is 10.8. The van der Waals surface area contributed by atoms with Crippen LogP contribution in [0.4, 0.5) is 0 Å². The molecule has 0 radical (unpaired) electrons. The number of esters is 1. The Labute approximate surface area is 87.5 Å². The maximum Gasteiger partial charge on any atom is 0.341 e. The van der Waals surface area contributed by atoms with Gasteiger partial charge in [-0.3, -0.25) is 0 Å². The summed E-state index contributed by atoms with van der Waals surface area (Å²) in [4.78, 5) is 11.6. The van der Waals surface area contributed by atoms with Crippen molar-refractivity contribution in [2.45, 2.75) is 13.8 Å². The molecule has 4 heteroatoms. The minimum Gasteiger partial charge on any atom is -0.462 e. The monoisotopic (exact) mass is 204 g/mol. The molecular formula is C11H12N2O2. The number of carbonyl (C=O) groups excluding carboxylic acids is 1. The molecule has 0 saturated heterocycles. The molecule has 0 aliphatic heterocycles. The van der Waals surface area contributed by atoms with Crippen molar-refractivity contribution in [3.8, 4) is 0 Å². The van der Waals surface area contributed by atoms with Gasteiger partial charge >= 0.3 is 5.97 Å². The summed E-state index contributed by atoms with van der Waals surface area (Å²) < 4.78 is 6.67. The van der Waals surface area contributed by atoms with Gasteiger partial charge < -0.3 is 4.74 Å². The quantitative estimate of drug-likeness (QED) is 0.701. The average molecular weight is 204 g/mol. The molecule has 0 unspecified atom stereocenters. The zero-order valence-corrected chi connectivity index (χ0v) is 8.73. The minimum absolute atomic E-state index is 0.321. The van der Waals surface area contributed by atoms with Crippen molar-refractivity contribution in [1.29, 1.82) is 0 Å². The lowest BCUT2D eigenvalue weighted by molar-refractivity contribution is 0.0528. The first-order chi connectivity index (χ1) is 7.24. The lowest BCUT2D eigenvalue weighted by Crippen LogP contribution is -2.04. The van der Waals surface area contributed by atoms with Crippen LogP contribution in [0.25, 0.3) is 5.52 Å². The summed E-state index contributed by atoms with van der Waals surface area (Å²) in [6, 6.07) is 5.69. The van der Waals surface area contributed by atoms with Crippen molar-refractivity contribution < 1.29 is 9.53 Å². The van der Waals surface area contributed by atoms with Gasteiger partial charge in [0.05, 0.1) is 18.3 Å².